The predicted octanol–water partition coefficient (Wildman–Crippen LogP) is 4.00. The third kappa shape index (κ3) is 8.94. The van der Waals surface area contributed by atoms with E-state index in [4.69, 9.17) is 0 Å². The molecule has 1 heterocycles. The largest absolute Gasteiger partial charge is 0.347 e. The Kier molecular flexibility index (Phi) is 12.1. The monoisotopic (exact) mass is 774 g/mol. The second-order valence-electron chi connectivity index (χ2n) is 18.5. The molecule has 5 aliphatic carbocycles. The second kappa shape index (κ2) is 16.0. The van der Waals surface area contributed by atoms with Crippen LogP contribution in [0.3, 0.4) is 0 Å². The van der Waals surface area contributed by atoms with E-state index in [0.717, 1.165) is 83.5 Å². The van der Waals surface area contributed by atoms with E-state index in [1.165, 1.54) is 4.31 Å². The highest BCUT2D eigenvalue weighted by Crippen LogP contribution is 2.65. The molecule has 6 fully saturated rings. The zero-order chi connectivity index (χ0) is 39.1. The Morgan fingerprint density at radius 2 is 1.44 bits per heavy atom. The van der Waals surface area contributed by atoms with Crippen LogP contribution in [-0.2, 0) is 29.2 Å². The Morgan fingerprint density at radius 3 is 2.02 bits per heavy atom. The third-order valence-electron chi connectivity index (χ3n) is 14.1. The Morgan fingerprint density at radius 1 is 0.833 bits per heavy atom. The Bertz CT molecular complexity index is 1540. The van der Waals surface area contributed by atoms with E-state index in [2.05, 4.69) is 35.1 Å². The van der Waals surface area contributed by atoms with E-state index < -0.39 is 62.7 Å². The van der Waals surface area contributed by atoms with Crippen LogP contribution in [0.15, 0.2) is 0 Å². The summed E-state index contributed by atoms with van der Waals surface area (Å²) in [5.74, 6) is -1.78. The molecule has 0 spiro atoms. The fraction of sp³-hybridized carbons (Fsp3) is 0.875. The van der Waals surface area contributed by atoms with Gasteiger partial charge >= 0.3 is 6.03 Å². The molecule has 0 bridgehead atoms. The molecule has 5 unspecified atom stereocenters. The van der Waals surface area contributed by atoms with Gasteiger partial charge < -0.3 is 26.2 Å². The maximum Gasteiger partial charge on any atom is 0.315 e. The van der Waals surface area contributed by atoms with Crippen molar-refractivity contribution in [2.24, 2.45) is 28.6 Å². The number of nitrogens with one attached hydrogen (secondary N) is 4. The number of Topliss-reactive ketones (excluding diaryl/α,β-unsaturated/α-hetero) is 1. The second-order valence-corrected chi connectivity index (χ2v) is 20.5. The van der Waals surface area contributed by atoms with Crippen molar-refractivity contribution in [3.8, 4) is 0 Å². The molecule has 1 saturated heterocycles. The summed E-state index contributed by atoms with van der Waals surface area (Å²) in [7, 11) is -3.65. The summed E-state index contributed by atoms with van der Waals surface area (Å²) in [4.78, 5) is 71.5. The Labute approximate surface area is 322 Å². The topological polar surface area (TPSA) is 174 Å². The first-order valence-electron chi connectivity index (χ1n) is 21.1. The first kappa shape index (κ1) is 40.9. The molecule has 5 atom stereocenters. The van der Waals surface area contributed by atoms with Gasteiger partial charge in [-0.3, -0.25) is 19.2 Å². The van der Waals surface area contributed by atoms with Crippen LogP contribution in [0.1, 0.15) is 137 Å². The summed E-state index contributed by atoms with van der Waals surface area (Å²) in [5, 5.41) is 11.9. The van der Waals surface area contributed by atoms with Crippen molar-refractivity contribution in [3.63, 3.8) is 0 Å². The Balaban J connectivity index is 1.23. The van der Waals surface area contributed by atoms with Gasteiger partial charge in [-0.05, 0) is 80.0 Å². The molecule has 14 heteroatoms. The van der Waals surface area contributed by atoms with Gasteiger partial charge in [0.05, 0.1) is 17.3 Å². The van der Waals surface area contributed by atoms with Crippen LogP contribution in [0, 0.1) is 28.6 Å². The molecule has 0 aromatic rings. The number of sulfonamides is 1. The minimum Gasteiger partial charge on any atom is -0.347 e. The van der Waals surface area contributed by atoms with Gasteiger partial charge in [0.2, 0.25) is 27.6 Å². The van der Waals surface area contributed by atoms with Crippen molar-refractivity contribution in [2.75, 3.05) is 25.4 Å². The zero-order valence-corrected chi connectivity index (χ0v) is 34.2. The number of hydrogen-bond acceptors (Lipinski definition) is 7. The van der Waals surface area contributed by atoms with Crippen molar-refractivity contribution in [2.45, 2.75) is 167 Å². The number of carbonyl (C=O) groups is 5. The number of likely N-dealkylation sites (tertiary alicyclic amines) is 1. The molecule has 1 aliphatic heterocycles. The number of piperidine rings is 1. The summed E-state index contributed by atoms with van der Waals surface area (Å²) in [6.07, 6.45) is 12.9. The SMILES string of the molecule is CCN(CC)S(=O)(=O)CC1(NC(=O)NC(C(=O)N2CC3C(C2C(=O)NC(CCC2CC2)C(=O)C(=O)NC2CC2)C3(C)C)C2(C)CCCCC2)CCCCC1. The minimum atomic E-state index is -3.65. The lowest BCUT2D eigenvalue weighted by molar-refractivity contribution is -0.146. The lowest BCUT2D eigenvalue weighted by Gasteiger charge is -2.44. The first-order valence-corrected chi connectivity index (χ1v) is 22.7. The van der Waals surface area contributed by atoms with Gasteiger partial charge in [-0.1, -0.05) is 86.0 Å². The molecular weight excluding hydrogens is 709 g/mol. The molecule has 5 amide bonds. The zero-order valence-electron chi connectivity index (χ0n) is 33.3. The molecule has 0 aromatic heterocycles. The van der Waals surface area contributed by atoms with E-state index in [9.17, 15) is 32.4 Å². The van der Waals surface area contributed by atoms with Gasteiger partial charge in [0, 0.05) is 25.7 Å². The normalized spacial score (nSPS) is 28.0. The number of urea groups is 1. The van der Waals surface area contributed by atoms with Crippen LogP contribution in [0.2, 0.25) is 0 Å². The van der Waals surface area contributed by atoms with Crippen molar-refractivity contribution in [1.82, 2.24) is 30.5 Å². The van der Waals surface area contributed by atoms with E-state index in [0.29, 0.717) is 44.8 Å². The molecule has 0 aromatic carbocycles. The molecule has 13 nitrogen and oxygen atoms in total. The number of hydrogen-bond donors (Lipinski definition) is 4. The fourth-order valence-electron chi connectivity index (χ4n) is 10.1. The lowest BCUT2D eigenvalue weighted by Crippen LogP contribution is -2.65. The maximum atomic E-state index is 15.0. The molecule has 304 valence electrons. The number of carbonyl (C=O) groups excluding carboxylic acids is 5. The van der Waals surface area contributed by atoms with Crippen molar-refractivity contribution >= 4 is 39.6 Å². The van der Waals surface area contributed by atoms with E-state index in [1.807, 2.05) is 20.8 Å². The van der Waals surface area contributed by atoms with Crippen molar-refractivity contribution in [3.05, 3.63) is 0 Å². The maximum absolute atomic E-state index is 15.0. The van der Waals surface area contributed by atoms with E-state index in [1.54, 1.807) is 4.90 Å². The average Bonchev–Trinajstić information content (AvgIpc) is 4.08. The van der Waals surface area contributed by atoms with Crippen LogP contribution in [0.4, 0.5) is 4.79 Å². The van der Waals surface area contributed by atoms with Crippen molar-refractivity contribution in [1.29, 1.82) is 0 Å². The average molecular weight is 775 g/mol. The summed E-state index contributed by atoms with van der Waals surface area (Å²) in [6.45, 7) is 10.9. The van der Waals surface area contributed by atoms with Crippen molar-refractivity contribution < 1.29 is 32.4 Å². The van der Waals surface area contributed by atoms with Crippen LogP contribution in [0.25, 0.3) is 0 Å². The van der Waals surface area contributed by atoms with Gasteiger partial charge in [-0.2, -0.15) is 0 Å². The number of ketones is 1. The quantitative estimate of drug-likeness (QED) is 0.162. The van der Waals surface area contributed by atoms with E-state index in [-0.39, 0.29) is 35.0 Å². The lowest BCUT2D eigenvalue weighted by atomic mass is 9.70. The first-order chi connectivity index (χ1) is 25.5. The van der Waals surface area contributed by atoms with Gasteiger partial charge in [0.25, 0.3) is 5.91 Å². The standard InChI is InChI=1S/C40H66N6O7S/c1-6-45(7-2)54(52,53)25-40(22-12-9-13-23-40)44-37(51)43-33(39(5)20-10-8-11-21-39)36(50)46-24-28-30(38(28,3)4)31(46)34(48)42-29(19-16-26-14-15-26)32(47)35(49)41-27-17-18-27/h26-31,33H,6-25H2,1-5H3,(H,41,49)(H,42,48)(H2,43,44,51). The molecule has 5 saturated carbocycles. The van der Waals surface area contributed by atoms with Crippen LogP contribution < -0.4 is 21.3 Å². The fourth-order valence-corrected chi connectivity index (χ4v) is 12.2. The van der Waals surface area contributed by atoms with Crippen LogP contribution in [0.5, 0.6) is 0 Å². The summed E-state index contributed by atoms with van der Waals surface area (Å²) in [6, 6.07) is -3.30. The molecule has 6 rings (SSSR count). The van der Waals surface area contributed by atoms with Gasteiger partial charge in [-0.15, -0.1) is 0 Å². The summed E-state index contributed by atoms with van der Waals surface area (Å²) < 4.78 is 28.5. The predicted molar refractivity (Wildman–Crippen MR) is 205 cm³/mol. The highest BCUT2D eigenvalue weighted by atomic mass is 32.2. The smallest absolute Gasteiger partial charge is 0.315 e. The van der Waals surface area contributed by atoms with Crippen LogP contribution >= 0.6 is 0 Å². The third-order valence-corrected chi connectivity index (χ3v) is 16.3. The molecule has 6 aliphatic rings. The molecule has 0 radical (unpaired) electrons. The molecular formula is C40H66N6O7S. The number of rotatable bonds is 17. The number of fused-ring (bicyclic) bond motifs is 1. The summed E-state index contributed by atoms with van der Waals surface area (Å²) >= 11 is 0. The minimum absolute atomic E-state index is 0.0137. The van der Waals surface area contributed by atoms with Gasteiger partial charge in [-0.25, -0.2) is 17.5 Å². The summed E-state index contributed by atoms with van der Waals surface area (Å²) in [5.41, 5.74) is -1.72. The molecule has 4 N–H and O–H groups in total. The highest BCUT2D eigenvalue weighted by molar-refractivity contribution is 7.89. The number of amides is 5. The molecule has 54 heavy (non-hydrogen) atoms. The van der Waals surface area contributed by atoms with Crippen LogP contribution in [-0.4, -0.2) is 102 Å². The van der Waals surface area contributed by atoms with Gasteiger partial charge in [0.15, 0.2) is 0 Å². The van der Waals surface area contributed by atoms with E-state index >= 15 is 0 Å². The highest BCUT2D eigenvalue weighted by Gasteiger charge is 2.70. The Hall–Kier alpha value is -2.74. The van der Waals surface area contributed by atoms with Gasteiger partial charge in [0.1, 0.15) is 12.1 Å². The number of nitrogens with zero attached hydrogens (tertiary/aromatic N) is 2.